The molecule has 0 aliphatic rings. The zero-order valence-electron chi connectivity index (χ0n) is 16.2. The second-order valence-corrected chi connectivity index (χ2v) is 8.35. The Bertz CT molecular complexity index is 1330. The Kier molecular flexibility index (Phi) is 5.25. The van der Waals surface area contributed by atoms with Gasteiger partial charge < -0.3 is 0 Å². The van der Waals surface area contributed by atoms with Crippen molar-refractivity contribution in [2.75, 3.05) is 6.26 Å². The summed E-state index contributed by atoms with van der Waals surface area (Å²) in [4.78, 5) is 13.0. The SMILES string of the molecule is CS(=O)(=O)On1c(-c2ccccc2)c(-c2ccccc2)c(-c2ccccc2)cc1=O. The second kappa shape index (κ2) is 8.00. The predicted molar refractivity (Wildman–Crippen MR) is 118 cm³/mol. The molecule has 5 nitrogen and oxygen atoms in total. The van der Waals surface area contributed by atoms with Gasteiger partial charge >= 0.3 is 10.1 Å². The highest BCUT2D eigenvalue weighted by atomic mass is 32.2. The molecule has 0 radical (unpaired) electrons. The summed E-state index contributed by atoms with van der Waals surface area (Å²) in [5.74, 6) is 0. The van der Waals surface area contributed by atoms with Crippen LogP contribution in [0.3, 0.4) is 0 Å². The van der Waals surface area contributed by atoms with E-state index in [0.717, 1.165) is 22.1 Å². The van der Waals surface area contributed by atoms with E-state index in [2.05, 4.69) is 0 Å². The molecule has 6 heteroatoms. The molecule has 0 spiro atoms. The lowest BCUT2D eigenvalue weighted by Gasteiger charge is -2.20. The van der Waals surface area contributed by atoms with Crippen LogP contribution in [-0.4, -0.2) is 19.4 Å². The summed E-state index contributed by atoms with van der Waals surface area (Å²) >= 11 is 0. The fraction of sp³-hybridized carbons (Fsp3) is 0.0417. The highest BCUT2D eigenvalue weighted by Crippen LogP contribution is 2.38. The molecule has 0 bridgehead atoms. The predicted octanol–water partition coefficient (Wildman–Crippen LogP) is 4.24. The van der Waals surface area contributed by atoms with Gasteiger partial charge in [-0.1, -0.05) is 91.0 Å². The van der Waals surface area contributed by atoms with Crippen LogP contribution in [0.5, 0.6) is 0 Å². The molecule has 150 valence electrons. The van der Waals surface area contributed by atoms with E-state index in [0.29, 0.717) is 22.4 Å². The molecule has 0 unspecified atom stereocenters. The molecule has 0 N–H and O–H groups in total. The highest BCUT2D eigenvalue weighted by molar-refractivity contribution is 7.86. The van der Waals surface area contributed by atoms with E-state index in [-0.39, 0.29) is 0 Å². The summed E-state index contributed by atoms with van der Waals surface area (Å²) in [6.07, 6.45) is 0.918. The average molecular weight is 417 g/mol. The van der Waals surface area contributed by atoms with Gasteiger partial charge in [-0.3, -0.25) is 9.08 Å². The monoisotopic (exact) mass is 417 g/mol. The van der Waals surface area contributed by atoms with Crippen LogP contribution in [0.2, 0.25) is 0 Å². The first-order chi connectivity index (χ1) is 14.4. The van der Waals surface area contributed by atoms with Gasteiger partial charge in [-0.15, -0.1) is 4.73 Å². The maximum atomic E-state index is 13.0. The highest BCUT2D eigenvalue weighted by Gasteiger charge is 2.22. The van der Waals surface area contributed by atoms with Crippen LogP contribution in [0.4, 0.5) is 0 Å². The number of nitrogens with zero attached hydrogens (tertiary/aromatic N) is 1. The van der Waals surface area contributed by atoms with Crippen molar-refractivity contribution in [2.24, 2.45) is 0 Å². The molecule has 0 aliphatic carbocycles. The van der Waals surface area contributed by atoms with Crippen molar-refractivity contribution in [1.82, 2.24) is 4.73 Å². The van der Waals surface area contributed by atoms with E-state index >= 15 is 0 Å². The summed E-state index contributed by atoms with van der Waals surface area (Å²) in [5, 5.41) is 0. The fourth-order valence-electron chi connectivity index (χ4n) is 3.40. The van der Waals surface area contributed by atoms with Crippen LogP contribution in [0.1, 0.15) is 0 Å². The largest absolute Gasteiger partial charge is 0.324 e. The van der Waals surface area contributed by atoms with Gasteiger partial charge in [-0.05, 0) is 16.7 Å². The van der Waals surface area contributed by atoms with E-state index in [1.165, 1.54) is 6.07 Å². The van der Waals surface area contributed by atoms with Crippen molar-refractivity contribution >= 4 is 10.1 Å². The maximum Gasteiger partial charge on any atom is 0.324 e. The van der Waals surface area contributed by atoms with E-state index in [9.17, 15) is 13.2 Å². The molecule has 0 atom stereocenters. The van der Waals surface area contributed by atoms with Crippen molar-refractivity contribution in [1.29, 1.82) is 0 Å². The quantitative estimate of drug-likeness (QED) is 0.487. The molecule has 4 rings (SSSR count). The Morgan fingerprint density at radius 2 is 1.17 bits per heavy atom. The normalized spacial score (nSPS) is 11.2. The Morgan fingerprint density at radius 3 is 1.67 bits per heavy atom. The van der Waals surface area contributed by atoms with Crippen molar-refractivity contribution in [2.45, 2.75) is 0 Å². The molecular weight excluding hydrogens is 398 g/mol. The molecule has 0 fully saturated rings. The maximum absolute atomic E-state index is 13.0. The lowest BCUT2D eigenvalue weighted by molar-refractivity contribution is 0.275. The van der Waals surface area contributed by atoms with Gasteiger partial charge in [0.2, 0.25) is 0 Å². The van der Waals surface area contributed by atoms with Gasteiger partial charge in [0, 0.05) is 17.2 Å². The van der Waals surface area contributed by atoms with Crippen LogP contribution in [0, 0.1) is 0 Å². The molecule has 0 aliphatic heterocycles. The smallest absolute Gasteiger partial charge is 0.284 e. The second-order valence-electron chi connectivity index (χ2n) is 6.79. The number of rotatable bonds is 5. The van der Waals surface area contributed by atoms with Gasteiger partial charge in [0.1, 0.15) is 5.69 Å². The van der Waals surface area contributed by atoms with Crippen LogP contribution >= 0.6 is 0 Å². The molecule has 0 amide bonds. The summed E-state index contributed by atoms with van der Waals surface area (Å²) in [5.41, 5.74) is 3.54. The first-order valence-corrected chi connectivity index (χ1v) is 11.1. The molecule has 0 saturated heterocycles. The molecule has 4 aromatic rings. The first kappa shape index (κ1) is 19.7. The summed E-state index contributed by atoms with van der Waals surface area (Å²) in [6.45, 7) is 0. The van der Waals surface area contributed by atoms with E-state index in [1.807, 2.05) is 91.0 Å². The number of aromatic nitrogens is 1. The molecule has 1 aromatic heterocycles. The van der Waals surface area contributed by atoms with Gasteiger partial charge in [-0.2, -0.15) is 8.42 Å². The van der Waals surface area contributed by atoms with E-state index in [1.54, 1.807) is 0 Å². The minimum Gasteiger partial charge on any atom is -0.284 e. The number of hydrogen-bond acceptors (Lipinski definition) is 4. The number of benzene rings is 3. The fourth-order valence-corrected chi connectivity index (χ4v) is 3.82. The average Bonchev–Trinajstić information content (AvgIpc) is 2.75. The molecular formula is C24H19NO4S. The third-order valence-corrected chi connectivity index (χ3v) is 5.00. The van der Waals surface area contributed by atoms with E-state index in [4.69, 9.17) is 4.28 Å². The summed E-state index contributed by atoms with van der Waals surface area (Å²) in [7, 11) is -3.94. The number of hydrogen-bond donors (Lipinski definition) is 0. The Hall–Kier alpha value is -3.64. The lowest BCUT2D eigenvalue weighted by atomic mass is 9.91. The molecule has 3 aromatic carbocycles. The molecule has 30 heavy (non-hydrogen) atoms. The number of pyridine rings is 1. The molecule has 0 saturated carbocycles. The van der Waals surface area contributed by atoms with Gasteiger partial charge in [-0.25, -0.2) is 0 Å². The third kappa shape index (κ3) is 4.04. The van der Waals surface area contributed by atoms with Crippen LogP contribution < -0.4 is 9.84 Å². The van der Waals surface area contributed by atoms with Crippen molar-refractivity contribution in [3.05, 3.63) is 107 Å². The van der Waals surface area contributed by atoms with Crippen molar-refractivity contribution in [3.63, 3.8) is 0 Å². The Morgan fingerprint density at radius 1 is 0.700 bits per heavy atom. The van der Waals surface area contributed by atoms with Gasteiger partial charge in [0.15, 0.2) is 0 Å². The van der Waals surface area contributed by atoms with Crippen molar-refractivity contribution < 1.29 is 12.7 Å². The summed E-state index contributed by atoms with van der Waals surface area (Å²) in [6, 6.07) is 29.6. The summed E-state index contributed by atoms with van der Waals surface area (Å²) < 4.78 is 29.9. The van der Waals surface area contributed by atoms with Crippen LogP contribution in [0.25, 0.3) is 33.5 Å². The van der Waals surface area contributed by atoms with Crippen LogP contribution in [0.15, 0.2) is 102 Å². The molecule has 1 heterocycles. The van der Waals surface area contributed by atoms with Crippen LogP contribution in [-0.2, 0) is 10.1 Å². The Balaban J connectivity index is 2.18. The third-order valence-electron chi connectivity index (χ3n) is 4.58. The zero-order valence-corrected chi connectivity index (χ0v) is 17.0. The lowest BCUT2D eigenvalue weighted by Crippen LogP contribution is -2.32. The first-order valence-electron chi connectivity index (χ1n) is 9.30. The standard InChI is InChI=1S/C24H19NO4S/c1-30(27,28)29-25-22(26)17-21(18-11-5-2-6-12-18)23(19-13-7-3-8-14-19)24(25)20-15-9-4-10-16-20/h2-17H,1H3. The Labute approximate surface area is 174 Å². The van der Waals surface area contributed by atoms with Crippen molar-refractivity contribution in [3.8, 4) is 33.5 Å². The minimum atomic E-state index is -3.94. The van der Waals surface area contributed by atoms with Gasteiger partial charge in [0.25, 0.3) is 5.56 Å². The minimum absolute atomic E-state index is 0.374. The van der Waals surface area contributed by atoms with Gasteiger partial charge in [0.05, 0.1) is 6.26 Å². The zero-order chi connectivity index (χ0) is 21.1. The van der Waals surface area contributed by atoms with E-state index < -0.39 is 15.7 Å². The topological polar surface area (TPSA) is 65.4 Å².